The molecular formula is C15H13N3O4. The number of imide groups is 1. The fraction of sp³-hybridized carbons (Fsp3) is 0.200. The first-order valence-corrected chi connectivity index (χ1v) is 6.75. The minimum atomic E-state index is -0.778. The number of hydroxylamine groups is 2. The molecule has 2 heterocycles. The highest BCUT2D eigenvalue weighted by Crippen LogP contribution is 2.23. The smallest absolute Gasteiger partial charge is 0.324 e. The van der Waals surface area contributed by atoms with E-state index < -0.39 is 17.8 Å². The molecule has 1 aromatic heterocycles. The molecule has 0 spiro atoms. The Hall–Kier alpha value is -2.96. The number of carbonyl (C=O) groups is 3. The summed E-state index contributed by atoms with van der Waals surface area (Å²) in [5.41, 5.74) is 1.35. The number of aromatic nitrogens is 2. The van der Waals surface area contributed by atoms with Gasteiger partial charge in [-0.1, -0.05) is 24.1 Å². The zero-order valence-electron chi connectivity index (χ0n) is 12.1. The summed E-state index contributed by atoms with van der Waals surface area (Å²) in [6.07, 6.45) is 1.93. The van der Waals surface area contributed by atoms with E-state index in [0.717, 1.165) is 0 Å². The lowest BCUT2D eigenvalue weighted by Crippen LogP contribution is -2.32. The third-order valence-corrected chi connectivity index (χ3v) is 3.55. The molecule has 1 aliphatic heterocycles. The Kier molecular flexibility index (Phi) is 3.25. The van der Waals surface area contributed by atoms with Gasteiger partial charge in [-0.25, -0.2) is 4.79 Å². The van der Waals surface area contributed by atoms with Gasteiger partial charge in [-0.05, 0) is 18.6 Å². The van der Waals surface area contributed by atoms with E-state index in [1.54, 1.807) is 23.9 Å². The van der Waals surface area contributed by atoms with E-state index in [2.05, 4.69) is 5.10 Å². The maximum atomic E-state index is 12.2. The zero-order valence-corrected chi connectivity index (χ0v) is 12.1. The van der Waals surface area contributed by atoms with E-state index in [-0.39, 0.29) is 16.7 Å². The maximum absolute atomic E-state index is 12.2. The summed E-state index contributed by atoms with van der Waals surface area (Å²) in [6.45, 7) is 1.87. The second-order valence-electron chi connectivity index (χ2n) is 4.81. The molecule has 22 heavy (non-hydrogen) atoms. The molecule has 1 aromatic carbocycles. The molecule has 2 amide bonds. The Morgan fingerprint density at radius 2 is 1.77 bits per heavy atom. The summed E-state index contributed by atoms with van der Waals surface area (Å²) in [7, 11) is 1.71. The largest absolute Gasteiger partial charge is 0.367 e. The molecule has 0 bridgehead atoms. The molecule has 0 saturated carbocycles. The van der Waals surface area contributed by atoms with Crippen LogP contribution in [0.2, 0.25) is 0 Å². The number of hydrogen-bond acceptors (Lipinski definition) is 5. The molecule has 7 heteroatoms. The Labute approximate surface area is 126 Å². The van der Waals surface area contributed by atoms with Crippen LogP contribution in [-0.4, -0.2) is 32.6 Å². The van der Waals surface area contributed by atoms with Crippen molar-refractivity contribution in [2.45, 2.75) is 13.3 Å². The summed E-state index contributed by atoms with van der Waals surface area (Å²) in [5, 5.41) is 4.49. The molecule has 112 valence electrons. The van der Waals surface area contributed by atoms with E-state index in [0.29, 0.717) is 17.2 Å². The Bertz CT molecular complexity index is 759. The highest BCUT2D eigenvalue weighted by Gasteiger charge is 2.39. The highest BCUT2D eigenvalue weighted by molar-refractivity contribution is 6.21. The van der Waals surface area contributed by atoms with Crippen molar-refractivity contribution in [2.75, 3.05) is 0 Å². The van der Waals surface area contributed by atoms with Gasteiger partial charge in [0, 0.05) is 7.05 Å². The predicted octanol–water partition coefficient (Wildman–Crippen LogP) is 1.35. The van der Waals surface area contributed by atoms with Gasteiger partial charge in [0.15, 0.2) is 0 Å². The van der Waals surface area contributed by atoms with Crippen LogP contribution in [0.4, 0.5) is 0 Å². The van der Waals surface area contributed by atoms with Gasteiger partial charge in [-0.3, -0.25) is 14.3 Å². The molecule has 2 aromatic rings. The topological polar surface area (TPSA) is 81.5 Å². The number of carbonyl (C=O) groups excluding carboxylic acids is 3. The van der Waals surface area contributed by atoms with E-state index in [4.69, 9.17) is 4.84 Å². The quantitative estimate of drug-likeness (QED) is 0.799. The maximum Gasteiger partial charge on any atom is 0.367 e. The molecule has 0 N–H and O–H groups in total. The van der Waals surface area contributed by atoms with Crippen molar-refractivity contribution < 1.29 is 19.2 Å². The van der Waals surface area contributed by atoms with Crippen molar-refractivity contribution in [1.29, 1.82) is 0 Å². The van der Waals surface area contributed by atoms with Crippen LogP contribution in [0.5, 0.6) is 0 Å². The van der Waals surface area contributed by atoms with Crippen LogP contribution in [-0.2, 0) is 18.3 Å². The summed E-state index contributed by atoms with van der Waals surface area (Å²) in [4.78, 5) is 41.5. The van der Waals surface area contributed by atoms with Crippen LogP contribution in [0.1, 0.15) is 43.7 Å². The van der Waals surface area contributed by atoms with Gasteiger partial charge in [-0.2, -0.15) is 5.10 Å². The minimum absolute atomic E-state index is 0.224. The molecule has 0 fully saturated rings. The van der Waals surface area contributed by atoms with Crippen LogP contribution in [0, 0.1) is 0 Å². The van der Waals surface area contributed by atoms with Crippen LogP contribution in [0.3, 0.4) is 0 Å². The lowest BCUT2D eigenvalue weighted by Gasteiger charge is -2.12. The van der Waals surface area contributed by atoms with Crippen molar-refractivity contribution in [3.63, 3.8) is 0 Å². The van der Waals surface area contributed by atoms with Crippen molar-refractivity contribution in [2.24, 2.45) is 7.05 Å². The molecule has 3 rings (SSSR count). The van der Waals surface area contributed by atoms with Gasteiger partial charge in [0.05, 0.1) is 23.0 Å². The third kappa shape index (κ3) is 1.98. The van der Waals surface area contributed by atoms with Gasteiger partial charge in [0.25, 0.3) is 11.8 Å². The van der Waals surface area contributed by atoms with Gasteiger partial charge in [0.1, 0.15) is 5.56 Å². The molecule has 0 unspecified atom stereocenters. The van der Waals surface area contributed by atoms with Crippen molar-refractivity contribution in [3.8, 4) is 0 Å². The fourth-order valence-electron chi connectivity index (χ4n) is 2.43. The van der Waals surface area contributed by atoms with Crippen LogP contribution in [0.25, 0.3) is 0 Å². The Morgan fingerprint density at radius 3 is 2.32 bits per heavy atom. The van der Waals surface area contributed by atoms with Crippen molar-refractivity contribution in [3.05, 3.63) is 52.8 Å². The summed E-state index contributed by atoms with van der Waals surface area (Å²) < 4.78 is 1.55. The monoisotopic (exact) mass is 299 g/mol. The molecule has 7 nitrogen and oxygen atoms in total. The molecule has 0 radical (unpaired) electrons. The Balaban J connectivity index is 1.87. The first-order valence-electron chi connectivity index (χ1n) is 6.75. The average molecular weight is 299 g/mol. The van der Waals surface area contributed by atoms with Gasteiger partial charge in [0.2, 0.25) is 0 Å². The second-order valence-corrected chi connectivity index (χ2v) is 4.81. The van der Waals surface area contributed by atoms with Crippen LogP contribution in [0.15, 0.2) is 30.5 Å². The number of benzene rings is 1. The number of fused-ring (bicyclic) bond motifs is 1. The number of nitrogens with zero attached hydrogens (tertiary/aromatic N) is 3. The molecule has 0 aliphatic carbocycles. The molecule has 0 saturated heterocycles. The third-order valence-electron chi connectivity index (χ3n) is 3.55. The molecule has 1 aliphatic rings. The van der Waals surface area contributed by atoms with Crippen LogP contribution < -0.4 is 0 Å². The van der Waals surface area contributed by atoms with Gasteiger partial charge >= 0.3 is 5.97 Å². The summed E-state index contributed by atoms with van der Waals surface area (Å²) in [5.74, 6) is -2.06. The summed E-state index contributed by atoms with van der Waals surface area (Å²) in [6, 6.07) is 6.33. The van der Waals surface area contributed by atoms with E-state index >= 15 is 0 Å². The summed E-state index contributed by atoms with van der Waals surface area (Å²) >= 11 is 0. The molecule has 0 atom stereocenters. The lowest BCUT2D eigenvalue weighted by molar-refractivity contribution is -0.0585. The van der Waals surface area contributed by atoms with Crippen molar-refractivity contribution >= 4 is 17.8 Å². The second kappa shape index (κ2) is 5.10. The number of aryl methyl sites for hydroxylation is 1. The SMILES string of the molecule is CCc1c(C(=O)ON2C(=O)c3ccccc3C2=O)cnn1C. The van der Waals surface area contributed by atoms with E-state index in [9.17, 15) is 14.4 Å². The number of amides is 2. The number of hydrogen-bond donors (Lipinski definition) is 0. The first-order chi connectivity index (χ1) is 10.5. The first kappa shape index (κ1) is 14.0. The highest BCUT2D eigenvalue weighted by atomic mass is 16.7. The Morgan fingerprint density at radius 1 is 1.18 bits per heavy atom. The number of rotatable bonds is 3. The van der Waals surface area contributed by atoms with E-state index in [1.807, 2.05) is 6.92 Å². The minimum Gasteiger partial charge on any atom is -0.324 e. The fourth-order valence-corrected chi connectivity index (χ4v) is 2.43. The lowest BCUT2D eigenvalue weighted by atomic mass is 10.1. The predicted molar refractivity (Wildman–Crippen MR) is 74.9 cm³/mol. The normalized spacial score (nSPS) is 13.5. The standard InChI is InChI=1S/C15H13N3O4/c1-3-12-11(8-16-17(12)2)15(21)22-18-13(19)9-6-4-5-7-10(9)14(18)20/h4-8H,3H2,1-2H3. The van der Waals surface area contributed by atoms with E-state index in [1.165, 1.54) is 18.3 Å². The van der Waals surface area contributed by atoms with Gasteiger partial charge < -0.3 is 4.84 Å². The molecular weight excluding hydrogens is 286 g/mol. The van der Waals surface area contributed by atoms with Gasteiger partial charge in [-0.15, -0.1) is 0 Å². The van der Waals surface area contributed by atoms with Crippen LogP contribution >= 0.6 is 0 Å². The zero-order chi connectivity index (χ0) is 15.9. The van der Waals surface area contributed by atoms with Crippen molar-refractivity contribution in [1.82, 2.24) is 14.8 Å². The average Bonchev–Trinajstić information content (AvgIpc) is 3.01.